The Balaban J connectivity index is 1.38. The van der Waals surface area contributed by atoms with E-state index in [1.54, 1.807) is 10.7 Å². The Hall–Kier alpha value is -3.51. The van der Waals surface area contributed by atoms with Gasteiger partial charge in [-0.2, -0.15) is 13.9 Å². The van der Waals surface area contributed by atoms with Crippen LogP contribution in [0.5, 0.6) is 0 Å². The number of hydrogen-bond acceptors (Lipinski definition) is 6. The Bertz CT molecular complexity index is 1520. The zero-order chi connectivity index (χ0) is 25.4. The third kappa shape index (κ3) is 4.65. The molecule has 36 heavy (non-hydrogen) atoms. The molecule has 1 saturated heterocycles. The lowest BCUT2D eigenvalue weighted by atomic mass is 9.99. The molecule has 4 aromatic rings. The lowest BCUT2D eigenvalue weighted by Gasteiger charge is -2.32. The van der Waals surface area contributed by atoms with Crippen molar-refractivity contribution < 1.29 is 17.2 Å². The molecular formula is C24H25BF2N6O2S. The average molecular weight is 510 g/mol. The minimum atomic E-state index is -4.02. The molecule has 3 N–H and O–H groups in total. The number of nitrogens with one attached hydrogen (secondary N) is 1. The predicted molar refractivity (Wildman–Crippen MR) is 137 cm³/mol. The van der Waals surface area contributed by atoms with Gasteiger partial charge in [0.1, 0.15) is 25.3 Å². The first-order valence-corrected chi connectivity index (χ1v) is 13.1. The van der Waals surface area contributed by atoms with Crippen LogP contribution in [0.3, 0.4) is 0 Å². The average Bonchev–Trinajstić information content (AvgIpc) is 3.23. The number of benzene rings is 2. The summed E-state index contributed by atoms with van der Waals surface area (Å²) >= 11 is 0. The van der Waals surface area contributed by atoms with Crippen molar-refractivity contribution >= 4 is 40.5 Å². The van der Waals surface area contributed by atoms with Gasteiger partial charge in [0, 0.05) is 49.2 Å². The summed E-state index contributed by atoms with van der Waals surface area (Å²) in [6.45, 7) is 1.01. The molecule has 0 spiro atoms. The van der Waals surface area contributed by atoms with E-state index in [2.05, 4.69) is 10.4 Å². The molecule has 2 aromatic carbocycles. The summed E-state index contributed by atoms with van der Waals surface area (Å²) in [5.41, 5.74) is 9.90. The second kappa shape index (κ2) is 9.51. The molecular weight excluding hydrogens is 485 g/mol. The Morgan fingerprint density at radius 1 is 1.14 bits per heavy atom. The fourth-order valence-electron chi connectivity index (χ4n) is 4.55. The van der Waals surface area contributed by atoms with Crippen molar-refractivity contribution in [1.29, 1.82) is 0 Å². The highest BCUT2D eigenvalue weighted by Gasteiger charge is 2.31. The van der Waals surface area contributed by atoms with Gasteiger partial charge >= 0.3 is 0 Å². The van der Waals surface area contributed by atoms with Crippen molar-refractivity contribution in [2.24, 2.45) is 5.92 Å². The summed E-state index contributed by atoms with van der Waals surface area (Å²) in [6.07, 6.45) is 3.18. The lowest BCUT2D eigenvalue weighted by Crippen LogP contribution is -2.41. The minimum absolute atomic E-state index is 0.0166. The first kappa shape index (κ1) is 24.2. The van der Waals surface area contributed by atoms with Gasteiger partial charge in [-0.05, 0) is 42.4 Å². The van der Waals surface area contributed by atoms with Gasteiger partial charge < -0.3 is 11.1 Å². The van der Waals surface area contributed by atoms with E-state index >= 15 is 0 Å². The van der Waals surface area contributed by atoms with Gasteiger partial charge in [-0.3, -0.25) is 0 Å². The van der Waals surface area contributed by atoms with Crippen LogP contribution in [0.1, 0.15) is 12.8 Å². The van der Waals surface area contributed by atoms with E-state index in [0.29, 0.717) is 48.4 Å². The quantitative estimate of drug-likeness (QED) is 0.304. The number of sulfonamides is 1. The molecule has 1 aliphatic heterocycles. The fraction of sp³-hybridized carbons (Fsp3) is 0.250. The van der Waals surface area contributed by atoms with Gasteiger partial charge in [0.2, 0.25) is 10.0 Å². The largest absolute Gasteiger partial charge is 0.398 e. The smallest absolute Gasteiger partial charge is 0.243 e. The molecule has 1 unspecified atom stereocenters. The highest BCUT2D eigenvalue weighted by Crippen LogP contribution is 2.28. The number of halogens is 2. The number of piperidine rings is 1. The molecule has 0 radical (unpaired) electrons. The van der Waals surface area contributed by atoms with Gasteiger partial charge in [-0.25, -0.2) is 22.2 Å². The van der Waals surface area contributed by atoms with Crippen molar-refractivity contribution in [2.45, 2.75) is 17.7 Å². The number of fused-ring (bicyclic) bond motifs is 1. The van der Waals surface area contributed by atoms with Crippen LogP contribution in [0.15, 0.2) is 59.6 Å². The van der Waals surface area contributed by atoms with Crippen LogP contribution in [-0.4, -0.2) is 54.8 Å². The third-order valence-electron chi connectivity index (χ3n) is 6.41. The van der Waals surface area contributed by atoms with Gasteiger partial charge in [0.15, 0.2) is 5.65 Å². The van der Waals surface area contributed by atoms with Crippen LogP contribution in [-0.2, 0) is 10.0 Å². The summed E-state index contributed by atoms with van der Waals surface area (Å²) in [6, 6.07) is 11.7. The molecule has 5 rings (SSSR count). The van der Waals surface area contributed by atoms with E-state index in [0.717, 1.165) is 29.6 Å². The summed E-state index contributed by atoms with van der Waals surface area (Å²) in [5, 5.41) is 7.84. The first-order valence-electron chi connectivity index (χ1n) is 11.6. The summed E-state index contributed by atoms with van der Waals surface area (Å²) in [7, 11) is -2.09. The molecule has 186 valence electrons. The Morgan fingerprint density at radius 3 is 2.64 bits per heavy atom. The molecule has 1 fully saturated rings. The van der Waals surface area contributed by atoms with Crippen molar-refractivity contribution in [3.63, 3.8) is 0 Å². The Labute approximate surface area is 208 Å². The molecule has 3 heterocycles. The topological polar surface area (TPSA) is 106 Å². The maximum absolute atomic E-state index is 13.7. The second-order valence-electron chi connectivity index (χ2n) is 9.03. The van der Waals surface area contributed by atoms with E-state index in [4.69, 9.17) is 10.7 Å². The zero-order valence-corrected chi connectivity index (χ0v) is 20.5. The van der Waals surface area contributed by atoms with E-state index in [-0.39, 0.29) is 17.4 Å². The van der Waals surface area contributed by atoms with Crippen molar-refractivity contribution in [2.75, 3.05) is 30.7 Å². The van der Waals surface area contributed by atoms with Gasteiger partial charge in [0.25, 0.3) is 0 Å². The number of nitrogen functional groups attached to an aromatic ring is 1. The summed E-state index contributed by atoms with van der Waals surface area (Å²) in [5.74, 6) is -1.15. The number of nitrogens with zero attached hydrogens (tertiary/aromatic N) is 4. The van der Waals surface area contributed by atoms with E-state index in [1.807, 2.05) is 38.2 Å². The van der Waals surface area contributed by atoms with Crippen molar-refractivity contribution in [3.05, 3.63) is 66.4 Å². The first-order chi connectivity index (χ1) is 17.2. The normalized spacial score (nSPS) is 16.9. The van der Waals surface area contributed by atoms with Crippen LogP contribution in [0, 0.1) is 17.6 Å². The molecule has 0 aliphatic carbocycles. The van der Waals surface area contributed by atoms with E-state index in [1.165, 1.54) is 4.31 Å². The second-order valence-corrected chi connectivity index (χ2v) is 11.0. The molecule has 1 aliphatic rings. The SMILES string of the molecule is Bc1cnn2c(NCC3CCCN(S(=O)(=O)c4cc(F)cc(F)c4)C3)cc(-c3ccccc3N)nc12. The molecule has 1 atom stereocenters. The van der Waals surface area contributed by atoms with Crippen molar-refractivity contribution in [1.82, 2.24) is 18.9 Å². The van der Waals surface area contributed by atoms with E-state index < -0.39 is 21.7 Å². The number of anilines is 2. The molecule has 0 amide bonds. The fourth-order valence-corrected chi connectivity index (χ4v) is 6.15. The van der Waals surface area contributed by atoms with E-state index in [9.17, 15) is 17.2 Å². The van der Waals surface area contributed by atoms with Gasteiger partial charge in [-0.1, -0.05) is 18.2 Å². The standard InChI is InChI=1S/C24H25BF2N6O2S/c25-20-13-30-33-23(11-22(31-24(20)33)19-5-1-2-6-21(19)28)29-12-15-4-3-7-32(14-15)36(34,35)18-9-16(26)8-17(27)10-18/h1-2,5-6,8-11,13,15,29H,3-4,7,12,14,25,28H2. The van der Waals surface area contributed by atoms with Gasteiger partial charge in [0.05, 0.1) is 10.6 Å². The highest BCUT2D eigenvalue weighted by molar-refractivity contribution is 7.89. The maximum Gasteiger partial charge on any atom is 0.243 e. The summed E-state index contributed by atoms with van der Waals surface area (Å²) in [4.78, 5) is 4.37. The third-order valence-corrected chi connectivity index (χ3v) is 8.26. The molecule has 0 bridgehead atoms. The van der Waals surface area contributed by atoms with Crippen LogP contribution in [0.25, 0.3) is 16.9 Å². The van der Waals surface area contributed by atoms with Gasteiger partial charge in [-0.15, -0.1) is 0 Å². The monoisotopic (exact) mass is 510 g/mol. The lowest BCUT2D eigenvalue weighted by molar-refractivity contribution is 0.275. The number of rotatable bonds is 6. The molecule has 12 heteroatoms. The highest BCUT2D eigenvalue weighted by atomic mass is 32.2. The maximum atomic E-state index is 13.7. The molecule has 8 nitrogen and oxygen atoms in total. The molecule has 0 saturated carbocycles. The van der Waals surface area contributed by atoms with Crippen LogP contribution in [0.4, 0.5) is 20.3 Å². The van der Waals surface area contributed by atoms with Crippen LogP contribution in [0.2, 0.25) is 0 Å². The van der Waals surface area contributed by atoms with Crippen molar-refractivity contribution in [3.8, 4) is 11.3 Å². The number of hydrogen-bond donors (Lipinski definition) is 2. The van der Waals surface area contributed by atoms with Crippen LogP contribution < -0.4 is 16.5 Å². The number of aromatic nitrogens is 3. The molecule has 2 aromatic heterocycles. The number of nitrogens with two attached hydrogens (primary N) is 1. The Morgan fingerprint density at radius 2 is 1.89 bits per heavy atom. The van der Waals surface area contributed by atoms with Crippen LogP contribution >= 0.6 is 0 Å². The predicted octanol–water partition coefficient (Wildman–Crippen LogP) is 2.03. The zero-order valence-electron chi connectivity index (χ0n) is 19.7. The Kier molecular flexibility index (Phi) is 6.39. The summed E-state index contributed by atoms with van der Waals surface area (Å²) < 4.78 is 56.5. The minimum Gasteiger partial charge on any atom is -0.398 e. The number of para-hydroxylation sites is 1.